The summed E-state index contributed by atoms with van der Waals surface area (Å²) in [4.78, 5) is 8.84. The summed E-state index contributed by atoms with van der Waals surface area (Å²) in [7, 11) is 0. The van der Waals surface area contributed by atoms with Crippen molar-refractivity contribution in [3.63, 3.8) is 0 Å². The van der Waals surface area contributed by atoms with Crippen LogP contribution in [0.5, 0.6) is 0 Å². The minimum Gasteiger partial charge on any atom is -0.359 e. The summed E-state index contributed by atoms with van der Waals surface area (Å²) in [5.74, 6) is 0.822. The van der Waals surface area contributed by atoms with Gasteiger partial charge in [0.25, 0.3) is 0 Å². The zero-order chi connectivity index (χ0) is 12.6. The molecule has 18 heavy (non-hydrogen) atoms. The van der Waals surface area contributed by atoms with Crippen LogP contribution in [0, 0.1) is 0 Å². The number of nitrogens with one attached hydrogen (secondary N) is 1. The molecule has 0 aliphatic carbocycles. The Morgan fingerprint density at radius 1 is 1.28 bits per heavy atom. The number of thiazole rings is 1. The van der Waals surface area contributed by atoms with Gasteiger partial charge in [0.15, 0.2) is 5.65 Å². The first kappa shape index (κ1) is 11.2. The van der Waals surface area contributed by atoms with Crippen LogP contribution in [0.25, 0.3) is 5.65 Å². The van der Waals surface area contributed by atoms with Crippen LogP contribution in [-0.4, -0.2) is 19.6 Å². The van der Waals surface area contributed by atoms with Crippen molar-refractivity contribution in [2.75, 3.05) is 5.32 Å². The van der Waals surface area contributed by atoms with Gasteiger partial charge in [-0.2, -0.15) is 5.10 Å². The van der Waals surface area contributed by atoms with Crippen molar-refractivity contribution >= 4 is 22.8 Å². The summed E-state index contributed by atoms with van der Waals surface area (Å²) in [6.07, 6.45) is 5.44. The molecule has 0 saturated heterocycles. The fraction of sp³-hybridized carbons (Fsp3) is 0.250. The van der Waals surface area contributed by atoms with E-state index in [0.717, 1.165) is 16.5 Å². The minimum atomic E-state index is -0.237. The Morgan fingerprint density at radius 3 is 2.94 bits per heavy atom. The van der Waals surface area contributed by atoms with Gasteiger partial charge in [-0.15, -0.1) is 11.3 Å². The van der Waals surface area contributed by atoms with Crippen molar-refractivity contribution in [2.45, 2.75) is 19.4 Å². The minimum absolute atomic E-state index is 0.237. The largest absolute Gasteiger partial charge is 0.359 e. The molecular weight excluding hydrogens is 246 g/mol. The highest BCUT2D eigenvalue weighted by Crippen LogP contribution is 2.26. The Labute approximate surface area is 109 Å². The molecule has 0 aliphatic heterocycles. The second kappa shape index (κ2) is 4.06. The van der Waals surface area contributed by atoms with E-state index in [0.29, 0.717) is 0 Å². The number of hydrogen-bond acceptors (Lipinski definition) is 5. The molecule has 0 aliphatic rings. The Bertz CT molecular complexity index is 656. The molecule has 0 saturated carbocycles. The lowest BCUT2D eigenvalue weighted by atomic mass is 10.1. The maximum Gasteiger partial charge on any atom is 0.157 e. The van der Waals surface area contributed by atoms with Crippen LogP contribution in [0.2, 0.25) is 0 Å². The van der Waals surface area contributed by atoms with Gasteiger partial charge in [-0.3, -0.25) is 0 Å². The molecule has 0 unspecified atom stereocenters. The first-order chi connectivity index (χ1) is 8.65. The number of aromatic nitrogens is 4. The fourth-order valence-electron chi connectivity index (χ4n) is 1.79. The predicted octanol–water partition coefficient (Wildman–Crippen LogP) is 2.53. The number of anilines is 1. The molecule has 0 amide bonds. The third-order valence-corrected chi connectivity index (χ3v) is 3.76. The smallest absolute Gasteiger partial charge is 0.157 e. The zero-order valence-corrected chi connectivity index (χ0v) is 11.0. The SMILES string of the molecule is CC(C)(Nc1ccn2nccc2n1)c1nccs1. The lowest BCUT2D eigenvalue weighted by Crippen LogP contribution is -2.28. The third kappa shape index (κ3) is 1.95. The van der Waals surface area contributed by atoms with Crippen molar-refractivity contribution in [1.82, 2.24) is 19.6 Å². The van der Waals surface area contributed by atoms with Gasteiger partial charge >= 0.3 is 0 Å². The highest BCUT2D eigenvalue weighted by atomic mass is 32.1. The zero-order valence-electron chi connectivity index (χ0n) is 10.2. The van der Waals surface area contributed by atoms with Gasteiger partial charge in [0.05, 0.1) is 11.7 Å². The number of hydrogen-bond donors (Lipinski definition) is 1. The van der Waals surface area contributed by atoms with E-state index in [1.165, 1.54) is 0 Å². The molecule has 5 nitrogen and oxygen atoms in total. The van der Waals surface area contributed by atoms with Crippen LogP contribution in [-0.2, 0) is 5.54 Å². The number of rotatable bonds is 3. The summed E-state index contributed by atoms with van der Waals surface area (Å²) >= 11 is 1.64. The molecular formula is C12H13N5S. The Balaban J connectivity index is 1.91. The molecule has 0 bridgehead atoms. The number of fused-ring (bicyclic) bond motifs is 1. The van der Waals surface area contributed by atoms with E-state index < -0.39 is 0 Å². The van der Waals surface area contributed by atoms with Crippen molar-refractivity contribution in [2.24, 2.45) is 0 Å². The average Bonchev–Trinajstić information content (AvgIpc) is 2.99. The summed E-state index contributed by atoms with van der Waals surface area (Å²) in [6, 6.07) is 3.79. The molecule has 3 aromatic heterocycles. The molecule has 0 atom stereocenters. The van der Waals surface area contributed by atoms with Crippen molar-refractivity contribution in [1.29, 1.82) is 0 Å². The third-order valence-electron chi connectivity index (χ3n) is 2.67. The highest BCUT2D eigenvalue weighted by Gasteiger charge is 2.23. The molecule has 3 aromatic rings. The van der Waals surface area contributed by atoms with E-state index in [1.54, 1.807) is 22.0 Å². The van der Waals surface area contributed by atoms with Gasteiger partial charge in [-0.1, -0.05) is 0 Å². The molecule has 1 N–H and O–H groups in total. The number of nitrogens with zero attached hydrogens (tertiary/aromatic N) is 4. The highest BCUT2D eigenvalue weighted by molar-refractivity contribution is 7.09. The lowest BCUT2D eigenvalue weighted by molar-refractivity contribution is 0.601. The summed E-state index contributed by atoms with van der Waals surface area (Å²) in [6.45, 7) is 4.18. The predicted molar refractivity (Wildman–Crippen MR) is 71.7 cm³/mol. The standard InChI is InChI=1S/C12H13N5S/c1-12(2,11-13-6-8-18-11)16-9-4-7-17-10(15-9)3-5-14-17/h3-8H,1-2H3,(H,15,16). The topological polar surface area (TPSA) is 55.1 Å². The van der Waals surface area contributed by atoms with E-state index in [2.05, 4.69) is 34.2 Å². The van der Waals surface area contributed by atoms with Gasteiger partial charge in [-0.25, -0.2) is 14.5 Å². The van der Waals surface area contributed by atoms with E-state index in [1.807, 2.05) is 29.9 Å². The van der Waals surface area contributed by atoms with Crippen LogP contribution in [0.3, 0.4) is 0 Å². The van der Waals surface area contributed by atoms with E-state index in [-0.39, 0.29) is 5.54 Å². The Kier molecular flexibility index (Phi) is 2.52. The van der Waals surface area contributed by atoms with E-state index >= 15 is 0 Å². The first-order valence-electron chi connectivity index (χ1n) is 5.64. The maximum absolute atomic E-state index is 4.50. The van der Waals surface area contributed by atoms with Crippen molar-refractivity contribution in [3.05, 3.63) is 41.1 Å². The molecule has 0 radical (unpaired) electrons. The van der Waals surface area contributed by atoms with Crippen LogP contribution in [0.1, 0.15) is 18.9 Å². The van der Waals surface area contributed by atoms with Crippen LogP contribution >= 0.6 is 11.3 Å². The van der Waals surface area contributed by atoms with E-state index in [9.17, 15) is 0 Å². The molecule has 6 heteroatoms. The normalized spacial score (nSPS) is 11.9. The lowest BCUT2D eigenvalue weighted by Gasteiger charge is -2.24. The molecule has 3 rings (SSSR count). The van der Waals surface area contributed by atoms with Crippen molar-refractivity contribution < 1.29 is 0 Å². The quantitative estimate of drug-likeness (QED) is 0.785. The van der Waals surface area contributed by atoms with Gasteiger partial charge in [0, 0.05) is 23.8 Å². The van der Waals surface area contributed by atoms with Gasteiger partial charge in [-0.05, 0) is 19.9 Å². The van der Waals surface area contributed by atoms with Gasteiger partial charge in [0.2, 0.25) is 0 Å². The molecule has 92 valence electrons. The Hall–Kier alpha value is -1.95. The van der Waals surface area contributed by atoms with Crippen LogP contribution in [0.15, 0.2) is 36.1 Å². The Morgan fingerprint density at radius 2 is 2.17 bits per heavy atom. The summed E-state index contributed by atoms with van der Waals surface area (Å²) in [5.41, 5.74) is 0.592. The first-order valence-corrected chi connectivity index (χ1v) is 6.52. The molecule has 0 fully saturated rings. The fourth-order valence-corrected chi connectivity index (χ4v) is 2.51. The van der Waals surface area contributed by atoms with Crippen LogP contribution < -0.4 is 5.32 Å². The molecule has 3 heterocycles. The summed E-state index contributed by atoms with van der Waals surface area (Å²) < 4.78 is 1.74. The monoisotopic (exact) mass is 259 g/mol. The molecule has 0 aromatic carbocycles. The van der Waals surface area contributed by atoms with Gasteiger partial charge in [0.1, 0.15) is 10.8 Å². The van der Waals surface area contributed by atoms with Crippen molar-refractivity contribution in [3.8, 4) is 0 Å². The second-order valence-corrected chi connectivity index (χ2v) is 5.43. The maximum atomic E-state index is 4.50. The average molecular weight is 259 g/mol. The van der Waals surface area contributed by atoms with Gasteiger partial charge < -0.3 is 5.32 Å². The van der Waals surface area contributed by atoms with Crippen LogP contribution in [0.4, 0.5) is 5.82 Å². The summed E-state index contributed by atoms with van der Waals surface area (Å²) in [5, 5.41) is 10.5. The van der Waals surface area contributed by atoms with E-state index in [4.69, 9.17) is 0 Å². The second-order valence-electron chi connectivity index (χ2n) is 4.53. The molecule has 0 spiro atoms.